The molecule has 0 aliphatic heterocycles. The Morgan fingerprint density at radius 3 is 2.45 bits per heavy atom. The Kier molecular flexibility index (Phi) is 6.51. The van der Waals surface area contributed by atoms with Gasteiger partial charge in [0.15, 0.2) is 0 Å². The maximum atomic E-state index is 12.8. The van der Waals surface area contributed by atoms with E-state index in [1.54, 1.807) is 35.7 Å². The summed E-state index contributed by atoms with van der Waals surface area (Å²) >= 11 is 1.14. The highest BCUT2D eigenvalue weighted by Gasteiger charge is 2.32. The van der Waals surface area contributed by atoms with Crippen molar-refractivity contribution >= 4 is 44.3 Å². The zero-order valence-corrected chi connectivity index (χ0v) is 17.7. The van der Waals surface area contributed by atoms with Gasteiger partial charge in [0.25, 0.3) is 5.91 Å². The summed E-state index contributed by atoms with van der Waals surface area (Å²) in [5.41, 5.74) is 0.631. The largest absolute Gasteiger partial charge is 0.433 e. The summed E-state index contributed by atoms with van der Waals surface area (Å²) in [5, 5.41) is 7.20. The topological polar surface area (TPSA) is 100 Å². The quantitative estimate of drug-likeness (QED) is 0.480. The SMILES string of the molecule is CS(=O)(=O)Nc1ccc(CNC(=O)c2sccc2Nc2ccnc(C(F)(F)F)c2)cc1. The molecule has 1 aromatic carbocycles. The average molecular weight is 470 g/mol. The summed E-state index contributed by atoms with van der Waals surface area (Å²) in [5.74, 6) is -0.402. The Bertz CT molecular complexity index is 1180. The summed E-state index contributed by atoms with van der Waals surface area (Å²) in [6.45, 7) is 0.183. The first-order valence-corrected chi connectivity index (χ1v) is 11.5. The van der Waals surface area contributed by atoms with Crippen LogP contribution in [-0.4, -0.2) is 25.6 Å². The lowest BCUT2D eigenvalue weighted by molar-refractivity contribution is -0.141. The molecule has 0 unspecified atom stereocenters. The van der Waals surface area contributed by atoms with Crippen molar-refractivity contribution < 1.29 is 26.4 Å². The highest BCUT2D eigenvalue weighted by molar-refractivity contribution is 7.92. The van der Waals surface area contributed by atoms with Crippen LogP contribution in [-0.2, 0) is 22.7 Å². The number of benzene rings is 1. The minimum absolute atomic E-state index is 0.156. The molecule has 7 nitrogen and oxygen atoms in total. The van der Waals surface area contributed by atoms with E-state index in [0.29, 0.717) is 16.3 Å². The number of anilines is 3. The lowest BCUT2D eigenvalue weighted by Gasteiger charge is -2.11. The summed E-state index contributed by atoms with van der Waals surface area (Å²) < 4.78 is 63.3. The fraction of sp³-hybridized carbons (Fsp3) is 0.158. The maximum absolute atomic E-state index is 12.8. The molecule has 164 valence electrons. The maximum Gasteiger partial charge on any atom is 0.433 e. The molecule has 3 aromatic rings. The number of hydrogen-bond donors (Lipinski definition) is 3. The summed E-state index contributed by atoms with van der Waals surface area (Å²) in [6.07, 6.45) is -2.48. The molecule has 2 aromatic heterocycles. The van der Waals surface area contributed by atoms with E-state index >= 15 is 0 Å². The molecule has 3 N–H and O–H groups in total. The second-order valence-electron chi connectivity index (χ2n) is 6.47. The third-order valence-corrected chi connectivity index (χ3v) is 5.43. The predicted octanol–water partition coefficient (Wildman–Crippen LogP) is 4.21. The highest BCUT2D eigenvalue weighted by atomic mass is 32.2. The van der Waals surface area contributed by atoms with E-state index in [1.165, 1.54) is 6.07 Å². The van der Waals surface area contributed by atoms with Gasteiger partial charge in [-0.1, -0.05) is 12.1 Å². The van der Waals surface area contributed by atoms with Crippen LogP contribution in [0.5, 0.6) is 0 Å². The molecule has 31 heavy (non-hydrogen) atoms. The Morgan fingerprint density at radius 1 is 1.10 bits per heavy atom. The van der Waals surface area contributed by atoms with Crippen LogP contribution in [0.3, 0.4) is 0 Å². The van der Waals surface area contributed by atoms with Gasteiger partial charge in [-0.15, -0.1) is 11.3 Å². The number of sulfonamides is 1. The standard InChI is InChI=1S/C19H17F3N4O3S2/c1-31(28,29)26-13-4-2-12(3-5-13)11-24-18(27)17-15(7-9-30-17)25-14-6-8-23-16(10-14)19(20,21)22/h2-10,26H,11H2,1H3,(H,23,25)(H,24,27). The number of nitrogens with zero attached hydrogens (tertiary/aromatic N) is 1. The molecule has 3 rings (SSSR count). The second kappa shape index (κ2) is 8.94. The van der Waals surface area contributed by atoms with E-state index in [2.05, 4.69) is 20.3 Å². The number of alkyl halides is 3. The summed E-state index contributed by atoms with van der Waals surface area (Å²) in [7, 11) is -3.38. The monoisotopic (exact) mass is 470 g/mol. The van der Waals surface area contributed by atoms with Crippen LogP contribution in [0.1, 0.15) is 20.9 Å². The van der Waals surface area contributed by atoms with Gasteiger partial charge in [-0.2, -0.15) is 13.2 Å². The van der Waals surface area contributed by atoms with E-state index in [9.17, 15) is 26.4 Å². The minimum atomic E-state index is -4.57. The molecule has 12 heteroatoms. The number of nitrogens with one attached hydrogen (secondary N) is 3. The normalized spacial score (nSPS) is 11.7. The van der Waals surface area contributed by atoms with Gasteiger partial charge in [0, 0.05) is 24.1 Å². The Hall–Kier alpha value is -3.12. The molecule has 0 aliphatic rings. The number of carbonyl (C=O) groups excluding carboxylic acids is 1. The van der Waals surface area contributed by atoms with E-state index in [1.807, 2.05) is 0 Å². The van der Waals surface area contributed by atoms with E-state index < -0.39 is 27.8 Å². The molecular weight excluding hydrogens is 453 g/mol. The van der Waals surface area contributed by atoms with Crippen LogP contribution in [0, 0.1) is 0 Å². The Balaban J connectivity index is 1.65. The molecule has 0 aliphatic carbocycles. The van der Waals surface area contributed by atoms with Crippen LogP contribution in [0.15, 0.2) is 54.0 Å². The number of amides is 1. The zero-order chi connectivity index (χ0) is 22.6. The van der Waals surface area contributed by atoms with E-state index in [-0.39, 0.29) is 12.2 Å². The summed E-state index contributed by atoms with van der Waals surface area (Å²) in [4.78, 5) is 16.2. The van der Waals surface area contributed by atoms with Crippen molar-refractivity contribution in [2.75, 3.05) is 16.3 Å². The Morgan fingerprint density at radius 2 is 1.81 bits per heavy atom. The van der Waals surface area contributed by atoms with Crippen molar-refractivity contribution in [2.45, 2.75) is 12.7 Å². The number of aromatic nitrogens is 1. The van der Waals surface area contributed by atoms with Crippen molar-refractivity contribution in [1.82, 2.24) is 10.3 Å². The zero-order valence-electron chi connectivity index (χ0n) is 16.0. The van der Waals surface area contributed by atoms with Crippen molar-refractivity contribution in [3.8, 4) is 0 Å². The number of halogens is 3. The number of rotatable bonds is 7. The molecule has 0 atom stereocenters. The third-order valence-electron chi connectivity index (χ3n) is 3.91. The smallest absolute Gasteiger partial charge is 0.354 e. The number of carbonyl (C=O) groups is 1. The van der Waals surface area contributed by atoms with Crippen molar-refractivity contribution in [3.05, 3.63) is 70.2 Å². The summed E-state index contributed by atoms with van der Waals surface area (Å²) in [6, 6.07) is 10.3. The fourth-order valence-corrected chi connectivity index (χ4v) is 3.90. The van der Waals surface area contributed by atoms with Gasteiger partial charge in [-0.25, -0.2) is 8.42 Å². The van der Waals surface area contributed by atoms with Crippen molar-refractivity contribution in [3.63, 3.8) is 0 Å². The van der Waals surface area contributed by atoms with Crippen molar-refractivity contribution in [1.29, 1.82) is 0 Å². The first kappa shape index (κ1) is 22.6. The van der Waals surface area contributed by atoms with E-state index in [4.69, 9.17) is 0 Å². The molecule has 0 saturated heterocycles. The fourth-order valence-electron chi connectivity index (χ4n) is 2.57. The number of thiophene rings is 1. The molecule has 0 radical (unpaired) electrons. The van der Waals surface area contributed by atoms with Gasteiger partial charge in [0.1, 0.15) is 10.6 Å². The van der Waals surface area contributed by atoms with Gasteiger partial charge >= 0.3 is 6.18 Å². The Labute approximate surface area is 180 Å². The highest BCUT2D eigenvalue weighted by Crippen LogP contribution is 2.31. The lowest BCUT2D eigenvalue weighted by atomic mass is 10.2. The first-order valence-electron chi connectivity index (χ1n) is 8.74. The van der Waals surface area contributed by atoms with Crippen LogP contribution in [0.2, 0.25) is 0 Å². The second-order valence-corrected chi connectivity index (χ2v) is 9.13. The molecule has 2 heterocycles. The third kappa shape index (κ3) is 6.43. The van der Waals surface area contributed by atoms with Crippen LogP contribution in [0.4, 0.5) is 30.2 Å². The van der Waals surface area contributed by atoms with Gasteiger partial charge in [0.05, 0.1) is 11.9 Å². The lowest BCUT2D eigenvalue weighted by Crippen LogP contribution is -2.22. The van der Waals surface area contributed by atoms with Crippen LogP contribution >= 0.6 is 11.3 Å². The minimum Gasteiger partial charge on any atom is -0.354 e. The van der Waals surface area contributed by atoms with Gasteiger partial charge in [-0.05, 0) is 41.3 Å². The first-order chi connectivity index (χ1) is 14.5. The van der Waals surface area contributed by atoms with Gasteiger partial charge in [-0.3, -0.25) is 14.5 Å². The average Bonchev–Trinajstić information content (AvgIpc) is 3.14. The van der Waals surface area contributed by atoms with Gasteiger partial charge < -0.3 is 10.6 Å². The number of hydrogen-bond acceptors (Lipinski definition) is 6. The molecule has 0 fully saturated rings. The number of pyridine rings is 1. The molecular formula is C19H17F3N4O3S2. The van der Waals surface area contributed by atoms with Crippen LogP contribution < -0.4 is 15.4 Å². The molecule has 1 amide bonds. The van der Waals surface area contributed by atoms with E-state index in [0.717, 1.165) is 35.4 Å². The molecule has 0 bridgehead atoms. The molecule has 0 saturated carbocycles. The van der Waals surface area contributed by atoms with Crippen LogP contribution in [0.25, 0.3) is 0 Å². The molecule has 0 spiro atoms. The van der Waals surface area contributed by atoms with Gasteiger partial charge in [0.2, 0.25) is 10.0 Å². The predicted molar refractivity (Wildman–Crippen MR) is 113 cm³/mol. The van der Waals surface area contributed by atoms with Crippen molar-refractivity contribution in [2.24, 2.45) is 0 Å².